The van der Waals surface area contributed by atoms with Crippen LogP contribution in [0.2, 0.25) is 0 Å². The van der Waals surface area contributed by atoms with Crippen molar-refractivity contribution in [3.63, 3.8) is 0 Å². The van der Waals surface area contributed by atoms with Gasteiger partial charge in [0.2, 0.25) is 0 Å². The van der Waals surface area contributed by atoms with Gasteiger partial charge in [-0.25, -0.2) is 4.79 Å². The molecule has 108 valence electrons. The molecule has 0 aliphatic carbocycles. The minimum atomic E-state index is -4.93. The van der Waals surface area contributed by atoms with E-state index in [4.69, 9.17) is 0 Å². The molecule has 1 rings (SSSR count). The minimum Gasteiger partial charge on any atom is -0.463 e. The van der Waals surface area contributed by atoms with Gasteiger partial charge in [-0.1, -0.05) is 12.1 Å². The van der Waals surface area contributed by atoms with Crippen molar-refractivity contribution in [1.82, 2.24) is 0 Å². The van der Waals surface area contributed by atoms with Crippen molar-refractivity contribution in [2.75, 3.05) is 11.9 Å². The van der Waals surface area contributed by atoms with Crippen molar-refractivity contribution in [1.29, 1.82) is 0 Å². The van der Waals surface area contributed by atoms with Crippen LogP contribution in [0.1, 0.15) is 12.5 Å². The molecular weight excluding hydrogens is 275 g/mol. The van der Waals surface area contributed by atoms with E-state index >= 15 is 0 Å². The van der Waals surface area contributed by atoms with Gasteiger partial charge in [-0.3, -0.25) is 4.79 Å². The van der Waals surface area contributed by atoms with E-state index < -0.39 is 18.1 Å². The van der Waals surface area contributed by atoms with Crippen LogP contribution in [0.4, 0.5) is 18.9 Å². The highest BCUT2D eigenvalue weighted by Crippen LogP contribution is 2.18. The lowest BCUT2D eigenvalue weighted by molar-refractivity contribution is -0.167. The molecule has 1 amide bonds. The smallest absolute Gasteiger partial charge is 0.463 e. The van der Waals surface area contributed by atoms with Gasteiger partial charge in [0, 0.05) is 11.8 Å². The summed E-state index contributed by atoms with van der Waals surface area (Å²) < 4.78 is 40.7. The number of benzene rings is 1. The molecule has 0 radical (unpaired) electrons. The molecule has 1 aromatic rings. The summed E-state index contributed by atoms with van der Waals surface area (Å²) in [5.41, 5.74) is 0.601. The van der Waals surface area contributed by atoms with Gasteiger partial charge >= 0.3 is 18.1 Å². The zero-order valence-corrected chi connectivity index (χ0v) is 10.5. The average Bonchev–Trinajstić information content (AvgIpc) is 2.37. The first-order valence-electron chi connectivity index (χ1n) is 5.66. The van der Waals surface area contributed by atoms with E-state index in [1.54, 1.807) is 12.2 Å². The Hall–Kier alpha value is -2.31. The predicted molar refractivity (Wildman–Crippen MR) is 66.8 cm³/mol. The SMILES string of the molecule is CCOC(=O)/C=C/c1ccc(NC(=O)C(F)(F)F)cc1. The number of carbonyl (C=O) groups excluding carboxylic acids is 2. The Morgan fingerprint density at radius 1 is 1.25 bits per heavy atom. The number of anilines is 1. The quantitative estimate of drug-likeness (QED) is 0.684. The summed E-state index contributed by atoms with van der Waals surface area (Å²) >= 11 is 0. The molecule has 0 aliphatic rings. The van der Waals surface area contributed by atoms with E-state index in [0.29, 0.717) is 5.56 Å². The molecule has 0 spiro atoms. The lowest BCUT2D eigenvalue weighted by Crippen LogP contribution is -2.29. The molecule has 1 N–H and O–H groups in total. The number of amides is 1. The summed E-state index contributed by atoms with van der Waals surface area (Å²) in [4.78, 5) is 21.7. The van der Waals surface area contributed by atoms with Crippen LogP contribution in [0.3, 0.4) is 0 Å². The lowest BCUT2D eigenvalue weighted by Gasteiger charge is -2.07. The summed E-state index contributed by atoms with van der Waals surface area (Å²) in [6.07, 6.45) is -2.28. The fourth-order valence-corrected chi connectivity index (χ4v) is 1.23. The van der Waals surface area contributed by atoms with Gasteiger partial charge in [0.15, 0.2) is 0 Å². The Kier molecular flexibility index (Phi) is 5.31. The highest BCUT2D eigenvalue weighted by molar-refractivity contribution is 5.95. The predicted octanol–water partition coefficient (Wildman–Crippen LogP) is 2.76. The Labute approximate surface area is 113 Å². The molecule has 1 aromatic carbocycles. The van der Waals surface area contributed by atoms with Crippen molar-refractivity contribution in [2.45, 2.75) is 13.1 Å². The molecule has 0 aliphatic heterocycles. The first-order valence-corrected chi connectivity index (χ1v) is 5.66. The molecule has 0 fully saturated rings. The zero-order valence-electron chi connectivity index (χ0n) is 10.5. The number of nitrogens with one attached hydrogen (secondary N) is 1. The fraction of sp³-hybridized carbons (Fsp3) is 0.231. The van der Waals surface area contributed by atoms with Crippen LogP contribution in [-0.2, 0) is 14.3 Å². The third-order valence-corrected chi connectivity index (χ3v) is 2.12. The second-order valence-electron chi connectivity index (χ2n) is 3.66. The molecule has 0 heterocycles. The van der Waals surface area contributed by atoms with Gasteiger partial charge in [-0.2, -0.15) is 13.2 Å². The largest absolute Gasteiger partial charge is 0.471 e. The van der Waals surface area contributed by atoms with Gasteiger partial charge in [0.1, 0.15) is 0 Å². The van der Waals surface area contributed by atoms with E-state index in [9.17, 15) is 22.8 Å². The average molecular weight is 287 g/mol. The van der Waals surface area contributed by atoms with Crippen LogP contribution in [0.25, 0.3) is 6.08 Å². The summed E-state index contributed by atoms with van der Waals surface area (Å²) in [6.45, 7) is 1.93. The number of carbonyl (C=O) groups is 2. The van der Waals surface area contributed by atoms with Gasteiger partial charge in [0.05, 0.1) is 6.61 Å². The first-order chi connectivity index (χ1) is 9.32. The maximum absolute atomic E-state index is 12.0. The third-order valence-electron chi connectivity index (χ3n) is 2.12. The van der Waals surface area contributed by atoms with E-state index in [1.807, 2.05) is 0 Å². The minimum absolute atomic E-state index is 0.0145. The maximum atomic E-state index is 12.0. The molecule has 20 heavy (non-hydrogen) atoms. The second kappa shape index (κ2) is 6.74. The number of esters is 1. The molecule has 4 nitrogen and oxygen atoms in total. The highest BCUT2D eigenvalue weighted by atomic mass is 19.4. The standard InChI is InChI=1S/C13H12F3NO3/c1-2-20-11(18)8-5-9-3-6-10(7-4-9)17-12(19)13(14,15)16/h3-8H,2H2,1H3,(H,17,19)/b8-5+. The summed E-state index contributed by atoms with van der Waals surface area (Å²) in [7, 11) is 0. The number of hydrogen-bond donors (Lipinski definition) is 1. The molecule has 7 heteroatoms. The van der Waals surface area contributed by atoms with Crippen LogP contribution in [-0.4, -0.2) is 24.7 Å². The topological polar surface area (TPSA) is 55.4 Å². The zero-order chi connectivity index (χ0) is 15.2. The highest BCUT2D eigenvalue weighted by Gasteiger charge is 2.38. The summed E-state index contributed by atoms with van der Waals surface area (Å²) in [6, 6.07) is 5.52. The van der Waals surface area contributed by atoms with Crippen LogP contribution in [0.5, 0.6) is 0 Å². The lowest BCUT2D eigenvalue weighted by atomic mass is 10.2. The van der Waals surface area contributed by atoms with Crippen LogP contribution in [0.15, 0.2) is 30.3 Å². The summed E-state index contributed by atoms with van der Waals surface area (Å²) in [5, 5.41) is 1.71. The van der Waals surface area contributed by atoms with Crippen molar-refractivity contribution in [2.24, 2.45) is 0 Å². The van der Waals surface area contributed by atoms with E-state index in [1.165, 1.54) is 36.4 Å². The van der Waals surface area contributed by atoms with Crippen molar-refractivity contribution in [3.8, 4) is 0 Å². The summed E-state index contributed by atoms with van der Waals surface area (Å²) in [5.74, 6) is -2.55. The van der Waals surface area contributed by atoms with Gasteiger partial charge in [-0.15, -0.1) is 0 Å². The molecule has 0 saturated heterocycles. The van der Waals surface area contributed by atoms with E-state index in [0.717, 1.165) is 0 Å². The first kappa shape index (κ1) is 15.7. The van der Waals surface area contributed by atoms with E-state index in [2.05, 4.69) is 4.74 Å². The van der Waals surface area contributed by atoms with Crippen molar-refractivity contribution < 1.29 is 27.5 Å². The monoisotopic (exact) mass is 287 g/mol. The Bertz CT molecular complexity index is 507. The molecule has 0 atom stereocenters. The van der Waals surface area contributed by atoms with E-state index in [-0.39, 0.29) is 12.3 Å². The van der Waals surface area contributed by atoms with Gasteiger partial charge in [0.25, 0.3) is 0 Å². The molecule has 0 bridgehead atoms. The number of alkyl halides is 3. The number of rotatable bonds is 4. The fourth-order valence-electron chi connectivity index (χ4n) is 1.23. The Balaban J connectivity index is 2.65. The second-order valence-corrected chi connectivity index (χ2v) is 3.66. The van der Waals surface area contributed by atoms with Crippen molar-refractivity contribution >= 4 is 23.6 Å². The normalized spacial score (nSPS) is 11.4. The van der Waals surface area contributed by atoms with Crippen LogP contribution in [0, 0.1) is 0 Å². The van der Waals surface area contributed by atoms with Gasteiger partial charge in [-0.05, 0) is 30.7 Å². The van der Waals surface area contributed by atoms with Crippen LogP contribution < -0.4 is 5.32 Å². The Morgan fingerprint density at radius 2 is 1.85 bits per heavy atom. The molecule has 0 unspecified atom stereocenters. The number of hydrogen-bond acceptors (Lipinski definition) is 3. The molecule has 0 saturated carbocycles. The van der Waals surface area contributed by atoms with Crippen molar-refractivity contribution in [3.05, 3.63) is 35.9 Å². The maximum Gasteiger partial charge on any atom is 0.471 e. The molecule has 0 aromatic heterocycles. The molecular formula is C13H12F3NO3. The third kappa shape index (κ3) is 5.13. The Morgan fingerprint density at radius 3 is 2.35 bits per heavy atom. The van der Waals surface area contributed by atoms with Gasteiger partial charge < -0.3 is 10.1 Å². The number of ether oxygens (including phenoxy) is 1. The van der Waals surface area contributed by atoms with Crippen LogP contribution >= 0.6 is 0 Å². The number of halogens is 3.